The van der Waals surface area contributed by atoms with Crippen LogP contribution in [0.4, 0.5) is 5.69 Å². The highest BCUT2D eigenvalue weighted by molar-refractivity contribution is 7.18. The number of thiazole rings is 1. The minimum atomic E-state index is -0.383. The van der Waals surface area contributed by atoms with E-state index in [1.807, 2.05) is 24.3 Å². The van der Waals surface area contributed by atoms with Gasteiger partial charge in [0.2, 0.25) is 0 Å². The van der Waals surface area contributed by atoms with E-state index in [1.54, 1.807) is 65.7 Å². The van der Waals surface area contributed by atoms with Gasteiger partial charge in [0.25, 0.3) is 11.8 Å². The number of fused-ring (bicyclic) bond motifs is 1. The number of anilines is 1. The van der Waals surface area contributed by atoms with Gasteiger partial charge >= 0.3 is 0 Å². The number of aromatic nitrogens is 1. The maximum atomic E-state index is 13.1. The maximum absolute atomic E-state index is 13.1. The Balaban J connectivity index is 1.40. The molecule has 4 rings (SSSR count). The van der Waals surface area contributed by atoms with Gasteiger partial charge in [-0.15, -0.1) is 11.3 Å². The SMILES string of the molecule is COc1ccc(NC(=O)COc2ccccc2C(=O)N(C)Cc2nc3ccccc3s2)cc1Cl. The number of carbonyl (C=O) groups is 2. The Hall–Kier alpha value is -3.62. The Kier molecular flexibility index (Phi) is 7.30. The molecule has 0 fully saturated rings. The van der Waals surface area contributed by atoms with Gasteiger partial charge in [0.1, 0.15) is 16.5 Å². The van der Waals surface area contributed by atoms with Crippen LogP contribution in [0.15, 0.2) is 66.7 Å². The fourth-order valence-corrected chi connectivity index (χ4v) is 4.60. The van der Waals surface area contributed by atoms with Crippen LogP contribution in [-0.2, 0) is 11.3 Å². The highest BCUT2D eigenvalue weighted by atomic mass is 35.5. The summed E-state index contributed by atoms with van der Waals surface area (Å²) in [6.07, 6.45) is 0. The average Bonchev–Trinajstić information content (AvgIpc) is 3.25. The lowest BCUT2D eigenvalue weighted by atomic mass is 10.2. The van der Waals surface area contributed by atoms with Crippen molar-refractivity contribution in [3.05, 3.63) is 82.3 Å². The van der Waals surface area contributed by atoms with Crippen LogP contribution in [0.2, 0.25) is 5.02 Å². The number of halogens is 1. The molecule has 3 aromatic carbocycles. The third-order valence-corrected chi connectivity index (χ3v) is 6.29. The van der Waals surface area contributed by atoms with Gasteiger partial charge in [-0.25, -0.2) is 4.98 Å². The second kappa shape index (κ2) is 10.5. The van der Waals surface area contributed by atoms with Gasteiger partial charge in [0, 0.05) is 12.7 Å². The average molecular weight is 496 g/mol. The first kappa shape index (κ1) is 23.5. The molecule has 0 aliphatic rings. The first-order valence-corrected chi connectivity index (χ1v) is 11.6. The van der Waals surface area contributed by atoms with E-state index in [0.717, 1.165) is 15.2 Å². The number of methoxy groups -OCH3 is 1. The zero-order valence-electron chi connectivity index (χ0n) is 18.6. The van der Waals surface area contributed by atoms with Crippen LogP contribution in [0.25, 0.3) is 10.2 Å². The second-order valence-electron chi connectivity index (χ2n) is 7.42. The number of amides is 2. The zero-order chi connectivity index (χ0) is 24.1. The van der Waals surface area contributed by atoms with E-state index in [0.29, 0.717) is 34.3 Å². The number of rotatable bonds is 8. The third kappa shape index (κ3) is 5.47. The van der Waals surface area contributed by atoms with Crippen molar-refractivity contribution in [3.63, 3.8) is 0 Å². The van der Waals surface area contributed by atoms with Crippen LogP contribution in [0.3, 0.4) is 0 Å². The molecule has 0 unspecified atom stereocenters. The van der Waals surface area contributed by atoms with Crippen LogP contribution < -0.4 is 14.8 Å². The number of hydrogen-bond donors (Lipinski definition) is 1. The number of carbonyl (C=O) groups excluding carboxylic acids is 2. The predicted octanol–water partition coefficient (Wildman–Crippen LogP) is 5.25. The standard InChI is InChI=1S/C25H22ClN3O4S/c1-29(14-24-28-19-8-4-6-10-22(19)34-24)25(31)17-7-3-5-9-20(17)33-15-23(30)27-16-11-12-21(32-2)18(26)13-16/h3-13H,14-15H2,1-2H3,(H,27,30). The van der Waals surface area contributed by atoms with Crippen molar-refractivity contribution >= 4 is 50.7 Å². The van der Waals surface area contributed by atoms with Gasteiger partial charge in [0.15, 0.2) is 6.61 Å². The molecule has 4 aromatic rings. The zero-order valence-corrected chi connectivity index (χ0v) is 20.2. The van der Waals surface area contributed by atoms with E-state index in [2.05, 4.69) is 10.3 Å². The Morgan fingerprint density at radius 2 is 1.82 bits per heavy atom. The van der Waals surface area contributed by atoms with E-state index in [-0.39, 0.29) is 18.4 Å². The number of nitrogens with zero attached hydrogens (tertiary/aromatic N) is 2. The highest BCUT2D eigenvalue weighted by Crippen LogP contribution is 2.27. The molecular formula is C25H22ClN3O4S. The van der Waals surface area contributed by atoms with E-state index in [4.69, 9.17) is 21.1 Å². The molecule has 0 saturated carbocycles. The summed E-state index contributed by atoms with van der Waals surface area (Å²) in [5.41, 5.74) is 1.79. The summed E-state index contributed by atoms with van der Waals surface area (Å²) >= 11 is 7.65. The summed E-state index contributed by atoms with van der Waals surface area (Å²) in [5.74, 6) is 0.230. The minimum absolute atomic E-state index is 0.225. The van der Waals surface area contributed by atoms with Gasteiger partial charge in [-0.1, -0.05) is 35.9 Å². The minimum Gasteiger partial charge on any atom is -0.495 e. The van der Waals surface area contributed by atoms with E-state index in [9.17, 15) is 9.59 Å². The number of nitrogens with one attached hydrogen (secondary N) is 1. The monoisotopic (exact) mass is 495 g/mol. The lowest BCUT2D eigenvalue weighted by Crippen LogP contribution is -2.27. The lowest BCUT2D eigenvalue weighted by Gasteiger charge is -2.18. The molecule has 0 spiro atoms. The fraction of sp³-hybridized carbons (Fsp3) is 0.160. The van der Waals surface area contributed by atoms with Gasteiger partial charge in [0.05, 0.1) is 34.5 Å². The molecule has 0 atom stereocenters. The molecule has 174 valence electrons. The molecule has 0 radical (unpaired) electrons. The number of para-hydroxylation sites is 2. The van der Waals surface area contributed by atoms with Crippen molar-refractivity contribution in [1.82, 2.24) is 9.88 Å². The van der Waals surface area contributed by atoms with Crippen molar-refractivity contribution < 1.29 is 19.1 Å². The lowest BCUT2D eigenvalue weighted by molar-refractivity contribution is -0.118. The molecule has 0 aliphatic carbocycles. The second-order valence-corrected chi connectivity index (χ2v) is 8.94. The van der Waals surface area contributed by atoms with Gasteiger partial charge in [-0.3, -0.25) is 9.59 Å². The molecule has 0 aliphatic heterocycles. The molecule has 1 heterocycles. The predicted molar refractivity (Wildman–Crippen MR) is 134 cm³/mol. The number of hydrogen-bond acceptors (Lipinski definition) is 6. The van der Waals surface area contributed by atoms with Crippen molar-refractivity contribution in [3.8, 4) is 11.5 Å². The summed E-state index contributed by atoms with van der Waals surface area (Å²) in [5, 5.41) is 3.94. The Morgan fingerprint density at radius 1 is 1.06 bits per heavy atom. The van der Waals surface area contributed by atoms with Crippen LogP contribution >= 0.6 is 22.9 Å². The third-order valence-electron chi connectivity index (χ3n) is 4.97. The molecule has 2 amide bonds. The summed E-state index contributed by atoms with van der Waals surface area (Å²) in [6, 6.07) is 19.6. The highest BCUT2D eigenvalue weighted by Gasteiger charge is 2.19. The number of benzene rings is 3. The van der Waals surface area contributed by atoms with Gasteiger partial charge in [-0.05, 0) is 42.5 Å². The summed E-state index contributed by atoms with van der Waals surface area (Å²) in [4.78, 5) is 31.7. The Bertz CT molecular complexity index is 1310. The van der Waals surface area contributed by atoms with Crippen LogP contribution in [-0.4, -0.2) is 42.5 Å². The van der Waals surface area contributed by atoms with Crippen LogP contribution in [0.5, 0.6) is 11.5 Å². The first-order chi connectivity index (χ1) is 16.4. The summed E-state index contributed by atoms with van der Waals surface area (Å²) in [6.45, 7) is 0.0980. The molecule has 9 heteroatoms. The molecule has 1 N–H and O–H groups in total. The largest absolute Gasteiger partial charge is 0.495 e. The topological polar surface area (TPSA) is 80.8 Å². The maximum Gasteiger partial charge on any atom is 0.262 e. The molecule has 1 aromatic heterocycles. The quantitative estimate of drug-likeness (QED) is 0.361. The Labute approximate surface area is 205 Å². The van der Waals surface area contributed by atoms with Crippen LogP contribution in [0, 0.1) is 0 Å². The van der Waals surface area contributed by atoms with Crippen LogP contribution in [0.1, 0.15) is 15.4 Å². The normalized spacial score (nSPS) is 10.7. The van der Waals surface area contributed by atoms with Gasteiger partial charge in [-0.2, -0.15) is 0 Å². The van der Waals surface area contributed by atoms with Crippen molar-refractivity contribution in [1.29, 1.82) is 0 Å². The molecule has 34 heavy (non-hydrogen) atoms. The smallest absolute Gasteiger partial charge is 0.262 e. The molecule has 7 nitrogen and oxygen atoms in total. The summed E-state index contributed by atoms with van der Waals surface area (Å²) < 4.78 is 11.9. The fourth-order valence-electron chi connectivity index (χ4n) is 3.32. The Morgan fingerprint density at radius 3 is 2.59 bits per heavy atom. The van der Waals surface area contributed by atoms with Crippen molar-refractivity contribution in [2.24, 2.45) is 0 Å². The van der Waals surface area contributed by atoms with Crippen molar-refractivity contribution in [2.45, 2.75) is 6.54 Å². The van der Waals surface area contributed by atoms with E-state index in [1.165, 1.54) is 7.11 Å². The molecule has 0 saturated heterocycles. The van der Waals surface area contributed by atoms with E-state index < -0.39 is 0 Å². The molecular weight excluding hydrogens is 474 g/mol. The molecule has 0 bridgehead atoms. The summed E-state index contributed by atoms with van der Waals surface area (Å²) in [7, 11) is 3.23. The number of ether oxygens (including phenoxy) is 2. The van der Waals surface area contributed by atoms with Crippen molar-refractivity contribution in [2.75, 3.05) is 26.1 Å². The van der Waals surface area contributed by atoms with Gasteiger partial charge < -0.3 is 19.7 Å². The van der Waals surface area contributed by atoms with E-state index >= 15 is 0 Å². The first-order valence-electron chi connectivity index (χ1n) is 10.4.